The Bertz CT molecular complexity index is 1100. The van der Waals surface area contributed by atoms with Crippen LogP contribution in [-0.2, 0) is 6.18 Å². The average Bonchev–Trinajstić information content (AvgIpc) is 3.01. The Morgan fingerprint density at radius 3 is 2.14 bits per heavy atom. The van der Waals surface area contributed by atoms with Crippen LogP contribution in [0.3, 0.4) is 0 Å². The summed E-state index contributed by atoms with van der Waals surface area (Å²) in [6.45, 7) is 0. The fourth-order valence-corrected chi connectivity index (χ4v) is 3.33. The summed E-state index contributed by atoms with van der Waals surface area (Å²) in [5, 5.41) is 15.4. The standard InChI is InChI=1S/C21H13F3N2O2/c22-21(23,24)12-8-10-13(11-9-12)25-20(27)17-7-3-6-16-18(17)14-4-1-2-5-15(14)19(16)26-28/h1-11,28H,(H,25,27). The van der Waals surface area contributed by atoms with Gasteiger partial charge in [-0.25, -0.2) is 0 Å². The third-order valence-corrected chi connectivity index (χ3v) is 4.59. The zero-order valence-corrected chi connectivity index (χ0v) is 14.3. The third kappa shape index (κ3) is 2.90. The lowest BCUT2D eigenvalue weighted by molar-refractivity contribution is -0.137. The van der Waals surface area contributed by atoms with Crippen LogP contribution in [0.15, 0.2) is 71.9 Å². The molecule has 7 heteroatoms. The summed E-state index contributed by atoms with van der Waals surface area (Å²) in [6, 6.07) is 16.5. The second kappa shape index (κ2) is 6.53. The topological polar surface area (TPSA) is 61.7 Å². The van der Waals surface area contributed by atoms with Gasteiger partial charge in [-0.05, 0) is 35.9 Å². The molecule has 1 amide bonds. The van der Waals surface area contributed by atoms with Crippen LogP contribution in [0.1, 0.15) is 27.0 Å². The van der Waals surface area contributed by atoms with Gasteiger partial charge in [0, 0.05) is 27.9 Å². The van der Waals surface area contributed by atoms with Crippen molar-refractivity contribution in [3.05, 3.63) is 89.0 Å². The maximum atomic E-state index is 12.8. The Kier molecular flexibility index (Phi) is 4.15. The summed E-state index contributed by atoms with van der Waals surface area (Å²) in [7, 11) is 0. The summed E-state index contributed by atoms with van der Waals surface area (Å²) in [5.74, 6) is -0.467. The number of nitrogens with one attached hydrogen (secondary N) is 1. The number of fused-ring (bicyclic) bond motifs is 3. The number of benzene rings is 3. The molecule has 0 atom stereocenters. The number of hydrogen-bond acceptors (Lipinski definition) is 3. The Morgan fingerprint density at radius 1 is 0.857 bits per heavy atom. The number of rotatable bonds is 2. The van der Waals surface area contributed by atoms with Crippen molar-refractivity contribution in [3.63, 3.8) is 0 Å². The molecule has 0 aromatic heterocycles. The number of alkyl halides is 3. The summed E-state index contributed by atoms with van der Waals surface area (Å²) in [5.41, 5.74) is 2.86. The Morgan fingerprint density at radius 2 is 1.50 bits per heavy atom. The van der Waals surface area contributed by atoms with E-state index in [2.05, 4.69) is 10.5 Å². The molecule has 0 heterocycles. The molecule has 3 aromatic rings. The van der Waals surface area contributed by atoms with Crippen molar-refractivity contribution in [3.8, 4) is 11.1 Å². The first-order valence-corrected chi connectivity index (χ1v) is 8.34. The van der Waals surface area contributed by atoms with E-state index in [0.29, 0.717) is 28.0 Å². The normalized spacial score (nSPS) is 13.9. The predicted octanol–water partition coefficient (Wildman–Crippen LogP) is 5.16. The number of anilines is 1. The number of hydrogen-bond donors (Lipinski definition) is 2. The molecule has 0 unspecified atom stereocenters. The molecule has 0 fully saturated rings. The fourth-order valence-electron chi connectivity index (χ4n) is 3.33. The van der Waals surface area contributed by atoms with Gasteiger partial charge in [-0.1, -0.05) is 41.6 Å². The minimum atomic E-state index is -4.44. The van der Waals surface area contributed by atoms with Crippen LogP contribution in [0.2, 0.25) is 0 Å². The van der Waals surface area contributed by atoms with Crippen LogP contribution < -0.4 is 5.32 Å². The summed E-state index contributed by atoms with van der Waals surface area (Å²) in [4.78, 5) is 12.8. The van der Waals surface area contributed by atoms with Crippen molar-refractivity contribution < 1.29 is 23.2 Å². The molecule has 0 spiro atoms. The molecule has 1 aliphatic rings. The highest BCUT2D eigenvalue weighted by Crippen LogP contribution is 2.39. The molecule has 0 saturated heterocycles. The van der Waals surface area contributed by atoms with Crippen molar-refractivity contribution in [1.29, 1.82) is 0 Å². The minimum Gasteiger partial charge on any atom is -0.410 e. The maximum Gasteiger partial charge on any atom is 0.416 e. The van der Waals surface area contributed by atoms with Gasteiger partial charge in [-0.15, -0.1) is 0 Å². The number of amides is 1. The minimum absolute atomic E-state index is 0.248. The van der Waals surface area contributed by atoms with E-state index < -0.39 is 17.6 Å². The van der Waals surface area contributed by atoms with E-state index in [1.807, 2.05) is 12.1 Å². The van der Waals surface area contributed by atoms with Crippen molar-refractivity contribution in [2.75, 3.05) is 5.32 Å². The van der Waals surface area contributed by atoms with Gasteiger partial charge in [0.15, 0.2) is 0 Å². The van der Waals surface area contributed by atoms with Gasteiger partial charge in [0.2, 0.25) is 0 Å². The van der Waals surface area contributed by atoms with Gasteiger partial charge in [0.05, 0.1) is 5.56 Å². The van der Waals surface area contributed by atoms with Gasteiger partial charge in [0.25, 0.3) is 5.91 Å². The number of carbonyl (C=O) groups is 1. The van der Waals surface area contributed by atoms with Gasteiger partial charge in [-0.2, -0.15) is 13.2 Å². The number of nitrogens with zero attached hydrogens (tertiary/aromatic N) is 1. The van der Waals surface area contributed by atoms with Crippen molar-refractivity contribution >= 4 is 17.3 Å². The lowest BCUT2D eigenvalue weighted by Gasteiger charge is -2.11. The van der Waals surface area contributed by atoms with Gasteiger partial charge >= 0.3 is 6.18 Å². The van der Waals surface area contributed by atoms with E-state index in [4.69, 9.17) is 0 Å². The van der Waals surface area contributed by atoms with Crippen molar-refractivity contribution in [1.82, 2.24) is 0 Å². The molecule has 0 aliphatic heterocycles. The van der Waals surface area contributed by atoms with Crippen LogP contribution in [-0.4, -0.2) is 16.8 Å². The molecular formula is C21H13F3N2O2. The monoisotopic (exact) mass is 382 g/mol. The highest BCUT2D eigenvalue weighted by Gasteiger charge is 2.31. The quantitative estimate of drug-likeness (QED) is 0.371. The SMILES string of the molecule is O=C(Nc1ccc(C(F)(F)F)cc1)c1cccc2c1-c1ccccc1C2=NO. The fraction of sp³-hybridized carbons (Fsp3) is 0.0476. The van der Waals surface area contributed by atoms with E-state index in [-0.39, 0.29) is 5.69 Å². The zero-order chi connectivity index (χ0) is 19.9. The summed E-state index contributed by atoms with van der Waals surface area (Å²) in [6.07, 6.45) is -4.44. The highest BCUT2D eigenvalue weighted by atomic mass is 19.4. The maximum absolute atomic E-state index is 12.8. The van der Waals surface area contributed by atoms with Gasteiger partial charge in [0.1, 0.15) is 5.71 Å². The Balaban J connectivity index is 1.71. The lowest BCUT2D eigenvalue weighted by Crippen LogP contribution is -2.14. The number of halogens is 3. The van der Waals surface area contributed by atoms with E-state index in [1.165, 1.54) is 12.1 Å². The van der Waals surface area contributed by atoms with Crippen molar-refractivity contribution in [2.24, 2.45) is 5.16 Å². The predicted molar refractivity (Wildman–Crippen MR) is 98.7 cm³/mol. The molecule has 0 bridgehead atoms. The van der Waals surface area contributed by atoms with E-state index in [1.54, 1.807) is 30.3 Å². The van der Waals surface area contributed by atoms with Crippen molar-refractivity contribution in [2.45, 2.75) is 6.18 Å². The first-order valence-electron chi connectivity index (χ1n) is 8.34. The van der Waals surface area contributed by atoms with Crippen LogP contribution >= 0.6 is 0 Å². The Labute approximate surface area is 157 Å². The van der Waals surface area contributed by atoms with E-state index in [9.17, 15) is 23.2 Å². The summed E-state index contributed by atoms with van der Waals surface area (Å²) >= 11 is 0. The van der Waals surface area contributed by atoms with E-state index >= 15 is 0 Å². The number of carbonyl (C=O) groups excluding carboxylic acids is 1. The van der Waals surface area contributed by atoms with E-state index in [0.717, 1.165) is 17.7 Å². The third-order valence-electron chi connectivity index (χ3n) is 4.59. The molecular weight excluding hydrogens is 369 g/mol. The molecule has 140 valence electrons. The first kappa shape index (κ1) is 17.8. The second-order valence-electron chi connectivity index (χ2n) is 6.25. The molecule has 0 saturated carbocycles. The summed E-state index contributed by atoms with van der Waals surface area (Å²) < 4.78 is 38.1. The van der Waals surface area contributed by atoms with Gasteiger partial charge < -0.3 is 10.5 Å². The largest absolute Gasteiger partial charge is 0.416 e. The molecule has 2 N–H and O–H groups in total. The molecule has 4 rings (SSSR count). The average molecular weight is 382 g/mol. The zero-order valence-electron chi connectivity index (χ0n) is 14.3. The van der Waals surface area contributed by atoms with Crippen LogP contribution in [0, 0.1) is 0 Å². The molecule has 0 radical (unpaired) electrons. The molecule has 3 aromatic carbocycles. The first-order chi connectivity index (χ1) is 13.4. The molecule has 1 aliphatic carbocycles. The Hall–Kier alpha value is -3.61. The highest BCUT2D eigenvalue weighted by molar-refractivity contribution is 6.27. The smallest absolute Gasteiger partial charge is 0.410 e. The van der Waals surface area contributed by atoms with Crippen LogP contribution in [0.25, 0.3) is 11.1 Å². The van der Waals surface area contributed by atoms with Crippen LogP contribution in [0.4, 0.5) is 18.9 Å². The second-order valence-corrected chi connectivity index (χ2v) is 6.25. The van der Waals surface area contributed by atoms with Crippen LogP contribution in [0.5, 0.6) is 0 Å². The molecule has 28 heavy (non-hydrogen) atoms. The lowest BCUT2D eigenvalue weighted by atomic mass is 9.99. The van der Waals surface area contributed by atoms with Gasteiger partial charge in [-0.3, -0.25) is 4.79 Å². The molecule has 4 nitrogen and oxygen atoms in total. The number of oxime groups is 1.